The molecule has 0 bridgehead atoms. The second-order valence-electron chi connectivity index (χ2n) is 10.9. The van der Waals surface area contributed by atoms with Gasteiger partial charge in [-0.25, -0.2) is 5.43 Å². The highest BCUT2D eigenvalue weighted by Gasteiger charge is 2.71. The molecule has 4 saturated carbocycles. The van der Waals surface area contributed by atoms with Crippen molar-refractivity contribution in [3.05, 3.63) is 0 Å². The van der Waals surface area contributed by atoms with Gasteiger partial charge in [-0.2, -0.15) is 10.2 Å². The van der Waals surface area contributed by atoms with Crippen LogP contribution < -0.4 is 22.6 Å². The van der Waals surface area contributed by atoms with Crippen LogP contribution >= 0.6 is 0 Å². The Morgan fingerprint density at radius 3 is 2.50 bits per heavy atom. The Morgan fingerprint density at radius 1 is 1.06 bits per heavy atom. The third-order valence-electron chi connectivity index (χ3n) is 9.67. The molecular weight excluding hydrogens is 408 g/mol. The highest BCUT2D eigenvalue weighted by atomic mass is 16.3. The summed E-state index contributed by atoms with van der Waals surface area (Å²) in [5, 5.41) is 42.9. The molecule has 4 aliphatic rings. The van der Waals surface area contributed by atoms with Crippen molar-refractivity contribution in [2.45, 2.75) is 82.8 Å². The summed E-state index contributed by atoms with van der Waals surface area (Å²) in [4.78, 5) is 0. The van der Waals surface area contributed by atoms with Crippen molar-refractivity contribution in [2.75, 3.05) is 0 Å². The Morgan fingerprint density at radius 2 is 1.81 bits per heavy atom. The van der Waals surface area contributed by atoms with Crippen LogP contribution in [0.3, 0.4) is 0 Å². The number of rotatable bonds is 3. The van der Waals surface area contributed by atoms with Crippen LogP contribution in [0.15, 0.2) is 15.3 Å². The molecule has 0 aromatic rings. The van der Waals surface area contributed by atoms with Crippen molar-refractivity contribution in [2.24, 2.45) is 61.1 Å². The van der Waals surface area contributed by atoms with Gasteiger partial charge in [0.05, 0.1) is 11.8 Å². The van der Waals surface area contributed by atoms with Gasteiger partial charge in [0.1, 0.15) is 5.60 Å². The van der Waals surface area contributed by atoms with Gasteiger partial charge < -0.3 is 27.4 Å². The average Bonchev–Trinajstić information content (AvgIpc) is 2.93. The fourth-order valence-corrected chi connectivity index (χ4v) is 7.72. The maximum Gasteiger partial charge on any atom is 0.211 e. The Balaban J connectivity index is 1.58. The van der Waals surface area contributed by atoms with E-state index in [0.717, 1.165) is 50.7 Å². The summed E-state index contributed by atoms with van der Waals surface area (Å²) in [5.74, 6) is 0.750. The second kappa shape index (κ2) is 7.69. The predicted molar refractivity (Wildman–Crippen MR) is 125 cm³/mol. The van der Waals surface area contributed by atoms with Crippen LogP contribution in [-0.2, 0) is 0 Å². The molecule has 0 radical (unpaired) electrons. The predicted octanol–water partition coefficient (Wildman–Crippen LogP) is 0.973. The lowest BCUT2D eigenvalue weighted by Crippen LogP contribution is -2.65. The lowest BCUT2D eigenvalue weighted by atomic mass is 9.43. The van der Waals surface area contributed by atoms with Crippen molar-refractivity contribution in [1.29, 1.82) is 5.41 Å². The molecule has 0 heterocycles. The molecule has 7 atom stereocenters. The molecule has 0 spiro atoms. The maximum atomic E-state index is 12.1. The van der Waals surface area contributed by atoms with Crippen LogP contribution in [-0.4, -0.2) is 45.3 Å². The molecule has 4 fully saturated rings. The van der Waals surface area contributed by atoms with Crippen LogP contribution in [0.1, 0.15) is 71.6 Å². The quantitative estimate of drug-likeness (QED) is 0.192. The number of nitrogens with zero attached hydrogens (tertiary/aromatic N) is 3. The van der Waals surface area contributed by atoms with Gasteiger partial charge in [0.25, 0.3) is 0 Å². The zero-order valence-corrected chi connectivity index (χ0v) is 19.1. The second-order valence-corrected chi connectivity index (χ2v) is 10.9. The summed E-state index contributed by atoms with van der Waals surface area (Å²) >= 11 is 0. The van der Waals surface area contributed by atoms with E-state index in [2.05, 4.69) is 27.7 Å². The molecule has 0 aromatic heterocycles. The highest BCUT2D eigenvalue weighted by molar-refractivity contribution is 5.87. The minimum absolute atomic E-state index is 0.127. The van der Waals surface area contributed by atoms with Crippen molar-refractivity contribution >= 4 is 23.8 Å². The molecule has 0 aliphatic heterocycles. The highest BCUT2D eigenvalue weighted by Crippen LogP contribution is 2.69. The van der Waals surface area contributed by atoms with E-state index in [4.69, 9.17) is 22.6 Å². The molecule has 0 aromatic carbocycles. The monoisotopic (exact) mass is 446 g/mol. The maximum absolute atomic E-state index is 12.1. The normalized spacial score (nSPS) is 46.9. The van der Waals surface area contributed by atoms with E-state index in [-0.39, 0.29) is 23.3 Å². The van der Waals surface area contributed by atoms with Gasteiger partial charge in [-0.15, -0.1) is 5.10 Å². The third-order valence-corrected chi connectivity index (χ3v) is 9.67. The van der Waals surface area contributed by atoms with Crippen LogP contribution in [0.5, 0.6) is 0 Å². The Kier molecular flexibility index (Phi) is 5.52. The summed E-state index contributed by atoms with van der Waals surface area (Å²) in [6, 6.07) is 0. The first-order valence-corrected chi connectivity index (χ1v) is 11.7. The van der Waals surface area contributed by atoms with Crippen LogP contribution in [0.25, 0.3) is 0 Å². The van der Waals surface area contributed by atoms with Crippen LogP contribution in [0.2, 0.25) is 0 Å². The topological polar surface area (TPSA) is 191 Å². The minimum atomic E-state index is -1.24. The van der Waals surface area contributed by atoms with Crippen molar-refractivity contribution < 1.29 is 10.2 Å². The number of nitrogens with one attached hydrogen (secondary N) is 2. The van der Waals surface area contributed by atoms with Crippen LogP contribution in [0.4, 0.5) is 0 Å². The van der Waals surface area contributed by atoms with E-state index in [1.807, 2.05) is 6.92 Å². The van der Waals surface area contributed by atoms with Crippen molar-refractivity contribution in [3.8, 4) is 0 Å². The molecule has 32 heavy (non-hydrogen) atoms. The van der Waals surface area contributed by atoms with E-state index in [9.17, 15) is 10.2 Å². The SMILES string of the molecule is C[C@]12CC/C(=N\NC(=N)N)C[C@H]1CC[C@@H]1[C@@H]2CC[C@]2(C)[C@@](O)(/C=N/N=C(N)N)CC[C@]12O. The van der Waals surface area contributed by atoms with Gasteiger partial charge in [-0.05, 0) is 81.0 Å². The van der Waals surface area contributed by atoms with Crippen molar-refractivity contribution in [3.63, 3.8) is 0 Å². The smallest absolute Gasteiger partial charge is 0.211 e. The van der Waals surface area contributed by atoms with E-state index < -0.39 is 16.6 Å². The largest absolute Gasteiger partial charge is 0.389 e. The molecule has 0 amide bonds. The Labute approximate surface area is 189 Å². The fraction of sp³-hybridized carbons (Fsp3) is 0.818. The lowest BCUT2D eigenvalue weighted by Gasteiger charge is -2.63. The lowest BCUT2D eigenvalue weighted by molar-refractivity contribution is -0.218. The molecule has 178 valence electrons. The summed E-state index contributed by atoms with van der Waals surface area (Å²) in [5.41, 5.74) is 17.0. The molecule has 10 nitrogen and oxygen atoms in total. The summed E-state index contributed by atoms with van der Waals surface area (Å²) in [6.07, 6.45) is 8.87. The zero-order chi connectivity index (χ0) is 23.4. The van der Waals surface area contributed by atoms with E-state index in [1.165, 1.54) is 6.21 Å². The number of hydrogen-bond acceptors (Lipinski definition) is 6. The standard InChI is InChI=1S/C22H38N8O2/c1-19-7-5-14(28-30-18(25)26)11-13(19)3-4-16-15(19)6-8-20(2)21(31,9-10-22(16,20)32)12-27-29-17(23)24/h12-13,15-16,31-32H,3-11H2,1-2H3,(H4,23,24,29)(H4,25,26,30)/b27-12+,28-14+/t13-,15+,16-,19+,20-,21+,22+/m1/s1. The zero-order valence-electron chi connectivity index (χ0n) is 19.1. The van der Waals surface area contributed by atoms with E-state index in [1.54, 1.807) is 0 Å². The van der Waals surface area contributed by atoms with E-state index >= 15 is 0 Å². The third kappa shape index (κ3) is 3.30. The summed E-state index contributed by atoms with van der Waals surface area (Å²) in [6.45, 7) is 4.39. The summed E-state index contributed by atoms with van der Waals surface area (Å²) < 4.78 is 0. The van der Waals surface area contributed by atoms with Crippen molar-refractivity contribution in [1.82, 2.24) is 5.43 Å². The molecule has 0 saturated heterocycles. The number of aliphatic hydroxyl groups is 2. The molecular formula is C22H38N8O2. The molecule has 4 rings (SSSR count). The Hall–Kier alpha value is -2.20. The van der Waals surface area contributed by atoms with Gasteiger partial charge in [-0.3, -0.25) is 5.41 Å². The fourth-order valence-electron chi connectivity index (χ4n) is 7.72. The van der Waals surface area contributed by atoms with E-state index in [0.29, 0.717) is 24.7 Å². The van der Waals surface area contributed by atoms with Gasteiger partial charge in [0.2, 0.25) is 11.9 Å². The first kappa shape index (κ1) is 23.0. The van der Waals surface area contributed by atoms with Gasteiger partial charge in [0, 0.05) is 11.1 Å². The van der Waals surface area contributed by atoms with Crippen LogP contribution in [0, 0.1) is 34.0 Å². The first-order valence-electron chi connectivity index (χ1n) is 11.7. The molecule has 10 heteroatoms. The average molecular weight is 447 g/mol. The summed E-state index contributed by atoms with van der Waals surface area (Å²) in [7, 11) is 0. The number of guanidine groups is 2. The minimum Gasteiger partial charge on any atom is -0.389 e. The van der Waals surface area contributed by atoms with Gasteiger partial charge >= 0.3 is 0 Å². The van der Waals surface area contributed by atoms with Gasteiger partial charge in [-0.1, -0.05) is 13.8 Å². The number of fused-ring (bicyclic) bond motifs is 5. The van der Waals surface area contributed by atoms with Gasteiger partial charge in [0.15, 0.2) is 0 Å². The number of nitrogens with two attached hydrogens (primary N) is 3. The number of hydrazone groups is 1. The molecule has 0 unspecified atom stereocenters. The first-order chi connectivity index (χ1) is 15.0. The molecule has 10 N–H and O–H groups in total. The Bertz CT molecular complexity index is 870. The number of hydrogen-bond donors (Lipinski definition) is 7. The molecule has 4 aliphatic carbocycles.